The molecule has 0 amide bonds. The number of hydrogen-bond acceptors (Lipinski definition) is 4. The van der Waals surface area contributed by atoms with Crippen LogP contribution in [0, 0.1) is 0 Å². The van der Waals surface area contributed by atoms with Crippen LogP contribution in [0.15, 0.2) is 6.20 Å². The first kappa shape index (κ1) is 9.02. The highest BCUT2D eigenvalue weighted by atomic mass is 32.2. The molecule has 2 unspecified atom stereocenters. The monoisotopic (exact) mass is 198 g/mol. The van der Waals surface area contributed by atoms with Crippen molar-refractivity contribution in [2.24, 2.45) is 0 Å². The van der Waals surface area contributed by atoms with Crippen molar-refractivity contribution in [3.63, 3.8) is 0 Å². The van der Waals surface area contributed by atoms with Gasteiger partial charge in [0.15, 0.2) is 0 Å². The summed E-state index contributed by atoms with van der Waals surface area (Å²) in [4.78, 5) is 0. The Labute approximate surface area is 81.9 Å². The molecule has 1 aliphatic rings. The zero-order valence-electron chi connectivity index (χ0n) is 7.66. The fourth-order valence-electron chi connectivity index (χ4n) is 1.55. The molecule has 0 radical (unpaired) electrons. The van der Waals surface area contributed by atoms with E-state index in [1.807, 2.05) is 11.8 Å². The summed E-state index contributed by atoms with van der Waals surface area (Å²) in [6.45, 7) is 3.10. The highest BCUT2D eigenvalue weighted by Gasteiger charge is 2.23. The minimum atomic E-state index is 0.640. The maximum atomic E-state index is 4.00. The molecule has 13 heavy (non-hydrogen) atoms. The van der Waals surface area contributed by atoms with E-state index >= 15 is 0 Å². The minimum Gasteiger partial charge on any atom is -0.307 e. The predicted octanol–water partition coefficient (Wildman–Crippen LogP) is 0.788. The molecule has 1 aromatic rings. The highest BCUT2D eigenvalue weighted by Crippen LogP contribution is 2.26. The topological polar surface area (TPSA) is 53.6 Å². The van der Waals surface area contributed by atoms with Gasteiger partial charge in [-0.05, 0) is 12.2 Å². The molecule has 1 aromatic heterocycles. The van der Waals surface area contributed by atoms with E-state index in [0.29, 0.717) is 6.04 Å². The standard InChI is InChI=1S/C8H14N4S/c1-6-8(2-3-13-6)9-4-7-5-10-12-11-7/h5-6,8-9H,2-4H2,1H3,(H,10,11,12). The molecular weight excluding hydrogens is 184 g/mol. The number of nitrogens with one attached hydrogen (secondary N) is 2. The normalized spacial score (nSPS) is 28.1. The Hall–Kier alpha value is -0.550. The summed E-state index contributed by atoms with van der Waals surface area (Å²) in [5, 5.41) is 14.6. The molecule has 0 aromatic carbocycles. The summed E-state index contributed by atoms with van der Waals surface area (Å²) >= 11 is 2.04. The molecule has 0 spiro atoms. The van der Waals surface area contributed by atoms with Crippen LogP contribution in [-0.4, -0.2) is 32.5 Å². The molecular formula is C8H14N4S. The van der Waals surface area contributed by atoms with Gasteiger partial charge in [0.05, 0.1) is 11.9 Å². The number of aromatic nitrogens is 3. The lowest BCUT2D eigenvalue weighted by molar-refractivity contribution is 0.508. The maximum Gasteiger partial charge on any atom is 0.0962 e. The Morgan fingerprint density at radius 3 is 3.31 bits per heavy atom. The Morgan fingerprint density at radius 2 is 2.69 bits per heavy atom. The zero-order valence-corrected chi connectivity index (χ0v) is 8.47. The Balaban J connectivity index is 1.79. The van der Waals surface area contributed by atoms with Crippen molar-refractivity contribution in [3.05, 3.63) is 11.9 Å². The molecule has 2 rings (SSSR count). The third kappa shape index (κ3) is 2.22. The van der Waals surface area contributed by atoms with Crippen molar-refractivity contribution in [2.45, 2.75) is 31.2 Å². The van der Waals surface area contributed by atoms with E-state index in [1.54, 1.807) is 6.20 Å². The lowest BCUT2D eigenvalue weighted by Gasteiger charge is -2.14. The van der Waals surface area contributed by atoms with Gasteiger partial charge in [0.25, 0.3) is 0 Å². The van der Waals surface area contributed by atoms with Crippen LogP contribution in [0.5, 0.6) is 0 Å². The van der Waals surface area contributed by atoms with Gasteiger partial charge in [-0.2, -0.15) is 27.2 Å². The summed E-state index contributed by atoms with van der Waals surface area (Å²) in [5.74, 6) is 1.28. The zero-order chi connectivity index (χ0) is 9.10. The van der Waals surface area contributed by atoms with Crippen LogP contribution in [0.1, 0.15) is 19.0 Å². The van der Waals surface area contributed by atoms with Crippen LogP contribution in [0.4, 0.5) is 0 Å². The Morgan fingerprint density at radius 1 is 1.77 bits per heavy atom. The van der Waals surface area contributed by atoms with Crippen molar-refractivity contribution in [1.29, 1.82) is 0 Å². The predicted molar refractivity (Wildman–Crippen MR) is 53.5 cm³/mol. The van der Waals surface area contributed by atoms with Gasteiger partial charge in [0.1, 0.15) is 0 Å². The van der Waals surface area contributed by atoms with E-state index in [-0.39, 0.29) is 0 Å². The van der Waals surface area contributed by atoms with Crippen molar-refractivity contribution >= 4 is 11.8 Å². The highest BCUT2D eigenvalue weighted by molar-refractivity contribution is 8.00. The molecule has 0 bridgehead atoms. The first-order valence-corrected chi connectivity index (χ1v) is 5.61. The Bertz CT molecular complexity index is 249. The lowest BCUT2D eigenvalue weighted by atomic mass is 10.2. The fourth-order valence-corrected chi connectivity index (χ4v) is 2.77. The van der Waals surface area contributed by atoms with Crippen molar-refractivity contribution < 1.29 is 0 Å². The molecule has 4 nitrogen and oxygen atoms in total. The molecule has 0 saturated carbocycles. The molecule has 0 aliphatic carbocycles. The second-order valence-corrected chi connectivity index (χ2v) is 4.80. The second kappa shape index (κ2) is 4.11. The van der Waals surface area contributed by atoms with Crippen molar-refractivity contribution in [2.75, 3.05) is 5.75 Å². The minimum absolute atomic E-state index is 0.640. The molecule has 1 saturated heterocycles. The SMILES string of the molecule is CC1SCCC1NCc1cn[nH]n1. The largest absolute Gasteiger partial charge is 0.307 e. The second-order valence-electron chi connectivity index (χ2n) is 3.31. The maximum absolute atomic E-state index is 4.00. The lowest BCUT2D eigenvalue weighted by Crippen LogP contribution is -2.32. The van der Waals surface area contributed by atoms with Gasteiger partial charge in [-0.15, -0.1) is 0 Å². The van der Waals surface area contributed by atoms with Crippen LogP contribution in [0.25, 0.3) is 0 Å². The summed E-state index contributed by atoms with van der Waals surface area (Å²) in [7, 11) is 0. The van der Waals surface area contributed by atoms with E-state index in [2.05, 4.69) is 27.7 Å². The molecule has 2 N–H and O–H groups in total. The molecule has 1 aliphatic heterocycles. The number of nitrogens with zero attached hydrogens (tertiary/aromatic N) is 2. The third-order valence-corrected chi connectivity index (χ3v) is 3.71. The number of H-pyrrole nitrogens is 1. The van der Waals surface area contributed by atoms with Gasteiger partial charge in [-0.1, -0.05) is 6.92 Å². The number of thioether (sulfide) groups is 1. The van der Waals surface area contributed by atoms with Gasteiger partial charge < -0.3 is 5.32 Å². The fraction of sp³-hybridized carbons (Fsp3) is 0.750. The van der Waals surface area contributed by atoms with E-state index in [4.69, 9.17) is 0 Å². The van der Waals surface area contributed by atoms with Crippen LogP contribution < -0.4 is 5.32 Å². The summed E-state index contributed by atoms with van der Waals surface area (Å²) in [6, 6.07) is 0.640. The van der Waals surface area contributed by atoms with E-state index in [0.717, 1.165) is 17.5 Å². The van der Waals surface area contributed by atoms with Gasteiger partial charge in [0.2, 0.25) is 0 Å². The van der Waals surface area contributed by atoms with E-state index in [1.165, 1.54) is 12.2 Å². The van der Waals surface area contributed by atoms with Crippen LogP contribution in [-0.2, 0) is 6.54 Å². The van der Waals surface area contributed by atoms with Gasteiger partial charge in [-0.3, -0.25) is 0 Å². The molecule has 72 valence electrons. The van der Waals surface area contributed by atoms with Crippen LogP contribution in [0.3, 0.4) is 0 Å². The van der Waals surface area contributed by atoms with Gasteiger partial charge >= 0.3 is 0 Å². The van der Waals surface area contributed by atoms with E-state index in [9.17, 15) is 0 Å². The van der Waals surface area contributed by atoms with Crippen LogP contribution >= 0.6 is 11.8 Å². The van der Waals surface area contributed by atoms with Gasteiger partial charge in [-0.25, -0.2) is 0 Å². The van der Waals surface area contributed by atoms with Gasteiger partial charge in [0, 0.05) is 17.8 Å². The average Bonchev–Trinajstić information content (AvgIpc) is 2.72. The number of rotatable bonds is 3. The molecule has 2 heterocycles. The summed E-state index contributed by atoms with van der Waals surface area (Å²) in [6.07, 6.45) is 3.03. The summed E-state index contributed by atoms with van der Waals surface area (Å²) < 4.78 is 0. The van der Waals surface area contributed by atoms with Crippen molar-refractivity contribution in [1.82, 2.24) is 20.7 Å². The van der Waals surface area contributed by atoms with Crippen molar-refractivity contribution in [3.8, 4) is 0 Å². The first-order chi connectivity index (χ1) is 6.36. The molecule has 5 heteroatoms. The third-order valence-electron chi connectivity index (χ3n) is 2.39. The van der Waals surface area contributed by atoms with Crippen LogP contribution in [0.2, 0.25) is 0 Å². The number of aromatic amines is 1. The summed E-state index contributed by atoms with van der Waals surface area (Å²) in [5.41, 5.74) is 0.990. The first-order valence-electron chi connectivity index (χ1n) is 4.56. The molecule has 1 fully saturated rings. The quantitative estimate of drug-likeness (QED) is 0.754. The average molecular weight is 198 g/mol. The Kier molecular flexibility index (Phi) is 2.85. The van der Waals surface area contributed by atoms with E-state index < -0.39 is 0 Å². The smallest absolute Gasteiger partial charge is 0.0962 e. The number of hydrogen-bond donors (Lipinski definition) is 2. The molecule has 2 atom stereocenters.